The number of hydrogen-bond donors (Lipinski definition) is 1. The lowest BCUT2D eigenvalue weighted by molar-refractivity contribution is -0.140. The third-order valence-electron chi connectivity index (χ3n) is 5.95. The average molecular weight is 460 g/mol. The Morgan fingerprint density at radius 3 is 2.81 bits per heavy atom. The summed E-state index contributed by atoms with van der Waals surface area (Å²) in [6.07, 6.45) is 3.57. The van der Waals surface area contributed by atoms with Crippen molar-refractivity contribution in [1.29, 1.82) is 0 Å². The van der Waals surface area contributed by atoms with Gasteiger partial charge >= 0.3 is 5.97 Å². The van der Waals surface area contributed by atoms with Gasteiger partial charge in [-0.2, -0.15) is 0 Å². The third-order valence-corrected chi connectivity index (χ3v) is 7.17. The number of nitrogens with zero attached hydrogens (tertiary/aromatic N) is 3. The molecule has 6 nitrogen and oxygen atoms in total. The molecule has 0 aliphatic carbocycles. The van der Waals surface area contributed by atoms with Crippen LogP contribution in [0.1, 0.15) is 49.2 Å². The van der Waals surface area contributed by atoms with Crippen LogP contribution in [0.2, 0.25) is 4.34 Å². The molecule has 1 amide bonds. The number of aromatic nitrogens is 2. The smallest absolute Gasteiger partial charge is 0.303 e. The Morgan fingerprint density at radius 2 is 2.10 bits per heavy atom. The maximum absolute atomic E-state index is 13.0. The summed E-state index contributed by atoms with van der Waals surface area (Å²) < 4.78 is 2.97. The van der Waals surface area contributed by atoms with Crippen molar-refractivity contribution >= 4 is 45.8 Å². The summed E-state index contributed by atoms with van der Waals surface area (Å²) in [6.45, 7) is 5.69. The van der Waals surface area contributed by atoms with Gasteiger partial charge in [-0.25, -0.2) is 4.98 Å². The predicted molar refractivity (Wildman–Crippen MR) is 123 cm³/mol. The first kappa shape index (κ1) is 21.8. The quantitative estimate of drug-likeness (QED) is 0.541. The van der Waals surface area contributed by atoms with Gasteiger partial charge in [0.1, 0.15) is 5.65 Å². The van der Waals surface area contributed by atoms with Crippen molar-refractivity contribution in [3.63, 3.8) is 0 Å². The summed E-state index contributed by atoms with van der Waals surface area (Å²) in [4.78, 5) is 31.7. The van der Waals surface area contributed by atoms with Gasteiger partial charge in [0.05, 0.1) is 23.8 Å². The summed E-state index contributed by atoms with van der Waals surface area (Å²) in [5, 5.41) is 10.2. The Bertz CT molecular complexity index is 1130. The molecule has 4 rings (SSSR count). The Balaban J connectivity index is 1.56. The first-order chi connectivity index (χ1) is 14.7. The Morgan fingerprint density at radius 1 is 1.29 bits per heavy atom. The van der Waals surface area contributed by atoms with Crippen molar-refractivity contribution in [2.45, 2.75) is 52.6 Å². The fourth-order valence-corrected chi connectivity index (χ4v) is 5.41. The molecular formula is C23H26ClN3O3S. The van der Waals surface area contributed by atoms with Gasteiger partial charge in [-0.15, -0.1) is 11.3 Å². The van der Waals surface area contributed by atoms with Crippen LogP contribution in [0.15, 0.2) is 30.5 Å². The van der Waals surface area contributed by atoms with Crippen LogP contribution in [0.4, 0.5) is 0 Å². The maximum atomic E-state index is 13.0. The van der Waals surface area contributed by atoms with Crippen molar-refractivity contribution < 1.29 is 14.7 Å². The second-order valence-corrected chi connectivity index (χ2v) is 10.7. The number of carboxylic acid groups (broad SMARTS) is 1. The van der Waals surface area contributed by atoms with E-state index in [4.69, 9.17) is 16.7 Å². The van der Waals surface area contributed by atoms with Gasteiger partial charge in [0.25, 0.3) is 0 Å². The molecule has 8 heteroatoms. The minimum Gasteiger partial charge on any atom is -0.481 e. The predicted octanol–water partition coefficient (Wildman–Crippen LogP) is 4.97. The Hall–Kier alpha value is -2.38. The van der Waals surface area contributed by atoms with E-state index in [9.17, 15) is 9.59 Å². The minimum absolute atomic E-state index is 0.0632. The first-order valence-electron chi connectivity index (χ1n) is 10.4. The lowest BCUT2D eigenvalue weighted by Gasteiger charge is -2.30. The number of carbonyl (C=O) groups is 2. The van der Waals surface area contributed by atoms with Crippen LogP contribution in [-0.4, -0.2) is 38.0 Å². The van der Waals surface area contributed by atoms with E-state index in [2.05, 4.69) is 15.6 Å². The SMILES string of the molecule is CC(C)(CCC(=O)N1CCc2c(n(Cc3ccc(Cl)s3)c3ncccc23)C1)CC(=O)O. The van der Waals surface area contributed by atoms with E-state index < -0.39 is 11.4 Å². The van der Waals surface area contributed by atoms with Gasteiger partial charge in [-0.05, 0) is 48.1 Å². The van der Waals surface area contributed by atoms with Gasteiger partial charge in [0.15, 0.2) is 0 Å². The molecule has 0 radical (unpaired) electrons. The molecule has 0 spiro atoms. The summed E-state index contributed by atoms with van der Waals surface area (Å²) in [5.41, 5.74) is 2.93. The molecule has 1 N–H and O–H groups in total. The van der Waals surface area contributed by atoms with Crippen molar-refractivity contribution in [2.75, 3.05) is 6.54 Å². The molecule has 1 aliphatic rings. The second-order valence-electron chi connectivity index (χ2n) is 8.89. The summed E-state index contributed by atoms with van der Waals surface area (Å²) in [7, 11) is 0. The second kappa shape index (κ2) is 8.63. The molecule has 3 aromatic rings. The van der Waals surface area contributed by atoms with Crippen LogP contribution in [-0.2, 0) is 29.1 Å². The van der Waals surface area contributed by atoms with Gasteiger partial charge in [-0.1, -0.05) is 25.4 Å². The highest BCUT2D eigenvalue weighted by atomic mass is 35.5. The fourth-order valence-electron chi connectivity index (χ4n) is 4.34. The van der Waals surface area contributed by atoms with Crippen LogP contribution in [0.3, 0.4) is 0 Å². The van der Waals surface area contributed by atoms with Crippen LogP contribution >= 0.6 is 22.9 Å². The average Bonchev–Trinajstić information content (AvgIpc) is 3.27. The molecule has 0 saturated carbocycles. The zero-order valence-electron chi connectivity index (χ0n) is 17.7. The third kappa shape index (κ3) is 4.77. The number of pyridine rings is 1. The van der Waals surface area contributed by atoms with Crippen LogP contribution < -0.4 is 0 Å². The lowest BCUT2D eigenvalue weighted by Crippen LogP contribution is -2.37. The number of amides is 1. The molecule has 0 fully saturated rings. The highest BCUT2D eigenvalue weighted by Gasteiger charge is 2.29. The molecule has 0 aromatic carbocycles. The number of carboxylic acids is 1. The Kier molecular flexibility index (Phi) is 6.08. The van der Waals surface area contributed by atoms with Gasteiger partial charge in [0, 0.05) is 35.1 Å². The van der Waals surface area contributed by atoms with E-state index in [1.165, 1.54) is 5.56 Å². The largest absolute Gasteiger partial charge is 0.481 e. The number of hydrogen-bond acceptors (Lipinski definition) is 4. The minimum atomic E-state index is -0.828. The molecule has 164 valence electrons. The number of carbonyl (C=O) groups excluding carboxylic acids is 1. The summed E-state index contributed by atoms with van der Waals surface area (Å²) in [5.74, 6) is -0.751. The molecule has 0 unspecified atom stereocenters. The summed E-state index contributed by atoms with van der Waals surface area (Å²) >= 11 is 7.69. The number of aliphatic carboxylic acids is 1. The number of rotatable bonds is 7. The zero-order valence-corrected chi connectivity index (χ0v) is 19.3. The fraction of sp³-hybridized carbons (Fsp3) is 0.435. The van der Waals surface area contributed by atoms with Gasteiger partial charge < -0.3 is 14.6 Å². The highest BCUT2D eigenvalue weighted by Crippen LogP contribution is 2.33. The van der Waals surface area contributed by atoms with Gasteiger partial charge in [-0.3, -0.25) is 9.59 Å². The monoisotopic (exact) mass is 459 g/mol. The summed E-state index contributed by atoms with van der Waals surface area (Å²) in [6, 6.07) is 7.99. The van der Waals surface area contributed by atoms with Crippen LogP contribution in [0, 0.1) is 5.41 Å². The molecule has 1 aliphatic heterocycles. The topological polar surface area (TPSA) is 75.4 Å². The number of thiophene rings is 1. The van der Waals surface area contributed by atoms with E-state index in [0.29, 0.717) is 32.5 Å². The van der Waals surface area contributed by atoms with E-state index >= 15 is 0 Å². The van der Waals surface area contributed by atoms with Crippen LogP contribution in [0.5, 0.6) is 0 Å². The van der Waals surface area contributed by atoms with E-state index in [1.807, 2.05) is 36.9 Å². The molecule has 4 heterocycles. The number of fused-ring (bicyclic) bond motifs is 3. The van der Waals surface area contributed by atoms with E-state index in [-0.39, 0.29) is 12.3 Å². The van der Waals surface area contributed by atoms with Crippen molar-refractivity contribution in [2.24, 2.45) is 5.41 Å². The normalized spacial score (nSPS) is 14.1. The van der Waals surface area contributed by atoms with Crippen molar-refractivity contribution in [1.82, 2.24) is 14.5 Å². The maximum Gasteiger partial charge on any atom is 0.303 e. The zero-order chi connectivity index (χ0) is 22.2. The van der Waals surface area contributed by atoms with E-state index in [0.717, 1.165) is 32.4 Å². The molecule has 0 bridgehead atoms. The molecule has 31 heavy (non-hydrogen) atoms. The van der Waals surface area contributed by atoms with Gasteiger partial charge in [0.2, 0.25) is 5.91 Å². The first-order valence-corrected chi connectivity index (χ1v) is 11.6. The lowest BCUT2D eigenvalue weighted by atomic mass is 9.84. The highest BCUT2D eigenvalue weighted by molar-refractivity contribution is 7.16. The molecule has 0 atom stereocenters. The molecule has 3 aromatic heterocycles. The van der Waals surface area contributed by atoms with Crippen LogP contribution in [0.25, 0.3) is 11.0 Å². The van der Waals surface area contributed by atoms with E-state index in [1.54, 1.807) is 17.5 Å². The number of halogens is 1. The molecule has 0 saturated heterocycles. The van der Waals surface area contributed by atoms with Crippen molar-refractivity contribution in [3.05, 3.63) is 50.9 Å². The Labute approximate surface area is 190 Å². The standard InChI is InChI=1S/C23H26ClN3O3S/c1-23(2,12-21(29)30)9-7-20(28)26-11-8-16-17-4-3-10-25-22(17)27(18(16)14-26)13-15-5-6-19(24)31-15/h3-6,10H,7-9,11-14H2,1-2H3,(H,29,30). The van der Waals surface area contributed by atoms with Crippen molar-refractivity contribution in [3.8, 4) is 0 Å². The molecular weight excluding hydrogens is 434 g/mol.